The van der Waals surface area contributed by atoms with Crippen molar-refractivity contribution in [3.8, 4) is 0 Å². The second kappa shape index (κ2) is 9.83. The Labute approximate surface area is 120 Å². The van der Waals surface area contributed by atoms with Crippen molar-refractivity contribution in [1.82, 2.24) is 10.6 Å². The summed E-state index contributed by atoms with van der Waals surface area (Å²) < 4.78 is 5.20. The molecule has 1 aromatic rings. The number of aliphatic imine (C=N–C) groups is 1. The quantitative estimate of drug-likeness (QED) is 0.344. The molecule has 0 aromatic heterocycles. The van der Waals surface area contributed by atoms with Crippen molar-refractivity contribution in [1.29, 1.82) is 0 Å². The zero-order chi connectivity index (χ0) is 14.6. The van der Waals surface area contributed by atoms with Crippen molar-refractivity contribution in [3.63, 3.8) is 0 Å². The Morgan fingerprint density at radius 1 is 1.25 bits per heavy atom. The minimum atomic E-state index is -0.146. The standard InChI is InChI=1S/C15H23N3O2/c1-16-15(17-2)18-11-7-6-10-14(19)20-12-13-8-4-3-5-9-13/h3-5,8-9H,6-7,10-12H2,1-2H3,(H2,16,17,18). The molecule has 20 heavy (non-hydrogen) atoms. The van der Waals surface area contributed by atoms with Crippen LogP contribution >= 0.6 is 0 Å². The highest BCUT2D eigenvalue weighted by Crippen LogP contribution is 2.03. The van der Waals surface area contributed by atoms with Crippen LogP contribution in [-0.2, 0) is 16.1 Å². The van der Waals surface area contributed by atoms with Gasteiger partial charge >= 0.3 is 5.97 Å². The maximum absolute atomic E-state index is 11.5. The van der Waals surface area contributed by atoms with Gasteiger partial charge < -0.3 is 15.4 Å². The van der Waals surface area contributed by atoms with E-state index < -0.39 is 0 Å². The third-order valence-corrected chi connectivity index (χ3v) is 2.80. The molecule has 0 amide bonds. The second-order valence-electron chi connectivity index (χ2n) is 4.35. The maximum Gasteiger partial charge on any atom is 0.306 e. The Balaban J connectivity index is 2.06. The molecule has 5 heteroatoms. The van der Waals surface area contributed by atoms with Gasteiger partial charge in [-0.3, -0.25) is 9.79 Å². The van der Waals surface area contributed by atoms with E-state index in [1.165, 1.54) is 0 Å². The lowest BCUT2D eigenvalue weighted by molar-refractivity contribution is -0.145. The van der Waals surface area contributed by atoms with Gasteiger partial charge in [-0.15, -0.1) is 0 Å². The maximum atomic E-state index is 11.5. The number of nitrogens with one attached hydrogen (secondary N) is 2. The lowest BCUT2D eigenvalue weighted by Gasteiger charge is -2.08. The van der Waals surface area contributed by atoms with Crippen LogP contribution in [0.3, 0.4) is 0 Å². The van der Waals surface area contributed by atoms with Gasteiger partial charge in [-0.25, -0.2) is 0 Å². The van der Waals surface area contributed by atoms with Gasteiger partial charge in [0.1, 0.15) is 6.61 Å². The first-order chi connectivity index (χ1) is 9.76. The van der Waals surface area contributed by atoms with Crippen molar-refractivity contribution in [2.24, 2.45) is 4.99 Å². The molecule has 0 unspecified atom stereocenters. The molecule has 0 spiro atoms. The molecule has 5 nitrogen and oxygen atoms in total. The van der Waals surface area contributed by atoms with E-state index in [0.717, 1.165) is 30.9 Å². The predicted octanol–water partition coefficient (Wildman–Crippen LogP) is 1.69. The summed E-state index contributed by atoms with van der Waals surface area (Å²) in [5, 5.41) is 6.07. The first kappa shape index (κ1) is 16.0. The van der Waals surface area contributed by atoms with Gasteiger partial charge in [0.2, 0.25) is 0 Å². The number of esters is 1. The van der Waals surface area contributed by atoms with Crippen LogP contribution in [0.4, 0.5) is 0 Å². The van der Waals surface area contributed by atoms with Crippen LogP contribution in [0.15, 0.2) is 35.3 Å². The summed E-state index contributed by atoms with van der Waals surface area (Å²) in [4.78, 5) is 15.6. The van der Waals surface area contributed by atoms with Crippen molar-refractivity contribution in [3.05, 3.63) is 35.9 Å². The van der Waals surface area contributed by atoms with Crippen LogP contribution in [0, 0.1) is 0 Å². The van der Waals surface area contributed by atoms with Gasteiger partial charge in [-0.05, 0) is 18.4 Å². The van der Waals surface area contributed by atoms with E-state index >= 15 is 0 Å². The van der Waals surface area contributed by atoms with E-state index in [-0.39, 0.29) is 5.97 Å². The van der Waals surface area contributed by atoms with E-state index in [2.05, 4.69) is 15.6 Å². The van der Waals surface area contributed by atoms with E-state index in [4.69, 9.17) is 4.74 Å². The lowest BCUT2D eigenvalue weighted by atomic mass is 10.2. The molecular weight excluding hydrogens is 254 g/mol. The topological polar surface area (TPSA) is 62.7 Å². The van der Waals surface area contributed by atoms with Gasteiger partial charge in [0.05, 0.1) is 0 Å². The molecule has 0 saturated carbocycles. The first-order valence-corrected chi connectivity index (χ1v) is 6.84. The van der Waals surface area contributed by atoms with Gasteiger partial charge in [-0.2, -0.15) is 0 Å². The summed E-state index contributed by atoms with van der Waals surface area (Å²) >= 11 is 0. The Hall–Kier alpha value is -2.04. The lowest BCUT2D eigenvalue weighted by Crippen LogP contribution is -2.35. The van der Waals surface area contributed by atoms with Crippen LogP contribution in [0.5, 0.6) is 0 Å². The molecule has 0 atom stereocenters. The average Bonchev–Trinajstić information content (AvgIpc) is 2.50. The number of carbonyl (C=O) groups excluding carboxylic acids is 1. The molecule has 1 rings (SSSR count). The number of benzene rings is 1. The summed E-state index contributed by atoms with van der Waals surface area (Å²) in [6.45, 7) is 1.14. The Kier molecular flexibility index (Phi) is 7.87. The number of hydrogen-bond donors (Lipinski definition) is 2. The molecule has 0 bridgehead atoms. The fourth-order valence-electron chi connectivity index (χ4n) is 1.69. The largest absolute Gasteiger partial charge is 0.461 e. The molecule has 0 heterocycles. The second-order valence-corrected chi connectivity index (χ2v) is 4.35. The SMILES string of the molecule is CN=C(NC)NCCCCC(=O)OCc1ccccc1. The zero-order valence-electron chi connectivity index (χ0n) is 12.2. The van der Waals surface area contributed by atoms with Crippen LogP contribution < -0.4 is 10.6 Å². The third-order valence-electron chi connectivity index (χ3n) is 2.80. The molecule has 0 saturated heterocycles. The van der Waals surface area contributed by atoms with Crippen molar-refractivity contribution in [2.75, 3.05) is 20.6 Å². The molecule has 0 radical (unpaired) electrons. The normalized spacial score (nSPS) is 11.0. The molecule has 2 N–H and O–H groups in total. The summed E-state index contributed by atoms with van der Waals surface area (Å²) in [6.07, 6.45) is 2.16. The van der Waals surface area contributed by atoms with E-state index in [1.807, 2.05) is 37.4 Å². The molecule has 0 aliphatic rings. The summed E-state index contributed by atoms with van der Waals surface area (Å²) in [5.74, 6) is 0.614. The van der Waals surface area contributed by atoms with Gasteiger partial charge in [0.15, 0.2) is 5.96 Å². The molecule has 0 aliphatic heterocycles. The van der Waals surface area contributed by atoms with Gasteiger partial charge in [0.25, 0.3) is 0 Å². The Morgan fingerprint density at radius 3 is 2.65 bits per heavy atom. The smallest absolute Gasteiger partial charge is 0.306 e. The van der Waals surface area contributed by atoms with Crippen LogP contribution in [0.1, 0.15) is 24.8 Å². The van der Waals surface area contributed by atoms with Gasteiger partial charge in [0, 0.05) is 27.1 Å². The van der Waals surface area contributed by atoms with Crippen LogP contribution in [0.25, 0.3) is 0 Å². The number of rotatable bonds is 7. The summed E-state index contributed by atoms with van der Waals surface area (Å²) in [6, 6.07) is 9.70. The van der Waals surface area contributed by atoms with E-state index in [9.17, 15) is 4.79 Å². The molecule has 0 aliphatic carbocycles. The number of hydrogen-bond acceptors (Lipinski definition) is 3. The highest BCUT2D eigenvalue weighted by atomic mass is 16.5. The monoisotopic (exact) mass is 277 g/mol. The minimum absolute atomic E-state index is 0.146. The third kappa shape index (κ3) is 6.78. The average molecular weight is 277 g/mol. The zero-order valence-corrected chi connectivity index (χ0v) is 12.2. The number of nitrogens with zero attached hydrogens (tertiary/aromatic N) is 1. The summed E-state index contributed by atoms with van der Waals surface area (Å²) in [7, 11) is 3.54. The molecule has 1 aromatic carbocycles. The fraction of sp³-hybridized carbons (Fsp3) is 0.467. The van der Waals surface area contributed by atoms with Crippen molar-refractivity contribution >= 4 is 11.9 Å². The first-order valence-electron chi connectivity index (χ1n) is 6.84. The Morgan fingerprint density at radius 2 is 2.00 bits per heavy atom. The van der Waals surface area contributed by atoms with E-state index in [0.29, 0.717) is 13.0 Å². The molecule has 110 valence electrons. The van der Waals surface area contributed by atoms with Crippen LogP contribution in [0.2, 0.25) is 0 Å². The van der Waals surface area contributed by atoms with E-state index in [1.54, 1.807) is 7.05 Å². The number of ether oxygens (including phenoxy) is 1. The van der Waals surface area contributed by atoms with Crippen molar-refractivity contribution in [2.45, 2.75) is 25.9 Å². The minimum Gasteiger partial charge on any atom is -0.461 e. The molecular formula is C15H23N3O2. The number of carbonyl (C=O) groups is 1. The highest BCUT2D eigenvalue weighted by Gasteiger charge is 2.03. The summed E-state index contributed by atoms with van der Waals surface area (Å²) in [5.41, 5.74) is 1.01. The Bertz CT molecular complexity index is 418. The predicted molar refractivity (Wildman–Crippen MR) is 80.5 cm³/mol. The molecule has 0 fully saturated rings. The number of guanidine groups is 1. The fourth-order valence-corrected chi connectivity index (χ4v) is 1.69. The van der Waals surface area contributed by atoms with Crippen LogP contribution in [-0.4, -0.2) is 32.6 Å². The van der Waals surface area contributed by atoms with Gasteiger partial charge in [-0.1, -0.05) is 30.3 Å². The number of unbranched alkanes of at least 4 members (excludes halogenated alkanes) is 1. The highest BCUT2D eigenvalue weighted by molar-refractivity contribution is 5.79. The van der Waals surface area contributed by atoms with Crippen molar-refractivity contribution < 1.29 is 9.53 Å².